The molecule has 3 aromatic rings. The van der Waals surface area contributed by atoms with Crippen LogP contribution in [0, 0.1) is 0 Å². The van der Waals surface area contributed by atoms with Crippen molar-refractivity contribution in [2.75, 3.05) is 17.4 Å². The molecule has 0 N–H and O–H groups in total. The Bertz CT molecular complexity index is 1190. The van der Waals surface area contributed by atoms with Gasteiger partial charge in [-0.05, 0) is 65.6 Å². The van der Waals surface area contributed by atoms with Gasteiger partial charge in [-0.15, -0.1) is 0 Å². The minimum atomic E-state index is -3.69. The van der Waals surface area contributed by atoms with Crippen molar-refractivity contribution in [2.45, 2.75) is 69.9 Å². The molecule has 1 saturated heterocycles. The fourth-order valence-corrected chi connectivity index (χ4v) is 6.53. The minimum Gasteiger partial charge on any atom is -0.299 e. The quantitative estimate of drug-likeness (QED) is 0.384. The lowest BCUT2D eigenvalue weighted by Crippen LogP contribution is -2.47. The molecular formula is C30H38N2O2S. The molecule has 1 fully saturated rings. The van der Waals surface area contributed by atoms with Crippen LogP contribution in [0.4, 0.5) is 5.69 Å². The van der Waals surface area contributed by atoms with Gasteiger partial charge in [0.2, 0.25) is 0 Å². The molecule has 4 rings (SSSR count). The van der Waals surface area contributed by atoms with Crippen molar-refractivity contribution in [2.24, 2.45) is 0 Å². The molecule has 1 aliphatic rings. The maximum Gasteiger partial charge on any atom is 0.264 e. The van der Waals surface area contributed by atoms with Gasteiger partial charge in [0.05, 0.1) is 10.6 Å². The Hall–Kier alpha value is -2.63. The van der Waals surface area contributed by atoms with Gasteiger partial charge in [-0.25, -0.2) is 8.42 Å². The molecule has 1 heterocycles. The lowest BCUT2D eigenvalue weighted by molar-refractivity contribution is 0.206. The molecule has 0 radical (unpaired) electrons. The number of rotatable bonds is 7. The third kappa shape index (κ3) is 5.96. The molecule has 186 valence electrons. The van der Waals surface area contributed by atoms with Crippen LogP contribution in [0.3, 0.4) is 0 Å². The summed E-state index contributed by atoms with van der Waals surface area (Å²) in [5.41, 5.74) is 4.40. The fourth-order valence-electron chi connectivity index (χ4n) is 4.82. The van der Waals surface area contributed by atoms with Gasteiger partial charge in [-0.3, -0.25) is 9.21 Å². The molecule has 35 heavy (non-hydrogen) atoms. The maximum absolute atomic E-state index is 14.0. The number of likely N-dealkylation sites (tertiary alicyclic amines) is 1. The van der Waals surface area contributed by atoms with Crippen molar-refractivity contribution in [1.82, 2.24) is 4.90 Å². The summed E-state index contributed by atoms with van der Waals surface area (Å²) in [6.45, 7) is 11.3. The lowest BCUT2D eigenvalue weighted by Gasteiger charge is -2.39. The first kappa shape index (κ1) is 25.5. The first-order valence-electron chi connectivity index (χ1n) is 12.7. The third-order valence-electron chi connectivity index (χ3n) is 7.01. The van der Waals surface area contributed by atoms with E-state index in [0.29, 0.717) is 4.90 Å². The highest BCUT2D eigenvalue weighted by molar-refractivity contribution is 7.92. The Morgan fingerprint density at radius 2 is 1.43 bits per heavy atom. The summed E-state index contributed by atoms with van der Waals surface area (Å²) in [6, 6.07) is 25.9. The molecule has 5 heteroatoms. The largest absolute Gasteiger partial charge is 0.299 e. The Morgan fingerprint density at radius 1 is 0.829 bits per heavy atom. The summed E-state index contributed by atoms with van der Waals surface area (Å²) in [5, 5.41) is 0. The normalized spacial score (nSPS) is 15.8. The molecule has 0 bridgehead atoms. The zero-order chi connectivity index (χ0) is 25.1. The number of nitrogens with zero attached hydrogens (tertiary/aromatic N) is 2. The second-order valence-corrected chi connectivity index (χ2v) is 12.4. The summed E-state index contributed by atoms with van der Waals surface area (Å²) in [4.78, 5) is 2.79. The van der Waals surface area contributed by atoms with E-state index in [-0.39, 0.29) is 11.5 Å². The van der Waals surface area contributed by atoms with Crippen LogP contribution >= 0.6 is 0 Å². The van der Waals surface area contributed by atoms with Crippen LogP contribution in [0.1, 0.15) is 57.2 Å². The minimum absolute atomic E-state index is 0.0149. The molecule has 0 atom stereocenters. The van der Waals surface area contributed by atoms with Crippen LogP contribution < -0.4 is 4.31 Å². The SMILES string of the molecule is CCc1ccc(S(=O)(=O)N(c2ccc(C(C)(C)C)cc2)C2CCN(Cc3ccccc3)CC2)cc1. The van der Waals surface area contributed by atoms with Crippen molar-refractivity contribution in [3.05, 3.63) is 95.6 Å². The lowest BCUT2D eigenvalue weighted by atomic mass is 9.87. The van der Waals surface area contributed by atoms with E-state index in [4.69, 9.17) is 0 Å². The number of sulfonamides is 1. The van der Waals surface area contributed by atoms with Gasteiger partial charge >= 0.3 is 0 Å². The fraction of sp³-hybridized carbons (Fsp3) is 0.400. The molecule has 0 amide bonds. The Balaban J connectivity index is 1.61. The second-order valence-electron chi connectivity index (χ2n) is 10.6. The highest BCUT2D eigenvalue weighted by atomic mass is 32.2. The zero-order valence-corrected chi connectivity index (χ0v) is 22.3. The molecule has 0 aliphatic carbocycles. The van der Waals surface area contributed by atoms with E-state index >= 15 is 0 Å². The second kappa shape index (κ2) is 10.5. The number of aryl methyl sites for hydroxylation is 1. The van der Waals surface area contributed by atoms with Crippen molar-refractivity contribution >= 4 is 15.7 Å². The van der Waals surface area contributed by atoms with Gasteiger partial charge in [0.25, 0.3) is 10.0 Å². The van der Waals surface area contributed by atoms with Crippen LogP contribution in [0.25, 0.3) is 0 Å². The molecule has 0 saturated carbocycles. The topological polar surface area (TPSA) is 40.6 Å². The van der Waals surface area contributed by atoms with Gasteiger partial charge in [-0.1, -0.05) is 82.3 Å². The number of piperidine rings is 1. The van der Waals surface area contributed by atoms with E-state index in [2.05, 4.69) is 69.0 Å². The summed E-state index contributed by atoms with van der Waals surface area (Å²) in [5.74, 6) is 0. The maximum atomic E-state index is 14.0. The van der Waals surface area contributed by atoms with E-state index in [9.17, 15) is 8.42 Å². The monoisotopic (exact) mass is 490 g/mol. The van der Waals surface area contributed by atoms with Crippen molar-refractivity contribution in [3.63, 3.8) is 0 Å². The average molecular weight is 491 g/mol. The van der Waals surface area contributed by atoms with Gasteiger partial charge in [0, 0.05) is 25.7 Å². The molecule has 0 unspecified atom stereocenters. The standard InChI is InChI=1S/C30H38N2O2S/c1-5-24-11-17-29(18-12-24)35(33,34)32(27-15-13-26(14-16-27)30(2,3)4)28-19-21-31(22-20-28)23-25-9-7-6-8-10-25/h6-18,28H,5,19-23H2,1-4H3. The van der Waals surface area contributed by atoms with Crippen LogP contribution in [-0.2, 0) is 28.4 Å². The Labute approximate surface area is 211 Å². The highest BCUT2D eigenvalue weighted by Gasteiger charge is 2.34. The molecule has 0 spiro atoms. The summed E-state index contributed by atoms with van der Waals surface area (Å²) in [6.07, 6.45) is 2.50. The van der Waals surface area contributed by atoms with E-state index in [1.54, 1.807) is 16.4 Å². The Kier molecular flexibility index (Phi) is 7.67. The molecule has 4 nitrogen and oxygen atoms in total. The average Bonchev–Trinajstić information content (AvgIpc) is 2.85. The summed E-state index contributed by atoms with van der Waals surface area (Å²) >= 11 is 0. The van der Waals surface area contributed by atoms with Gasteiger partial charge in [0.1, 0.15) is 0 Å². The van der Waals surface area contributed by atoms with Gasteiger partial charge < -0.3 is 0 Å². The van der Waals surface area contributed by atoms with Crippen LogP contribution in [0.5, 0.6) is 0 Å². The van der Waals surface area contributed by atoms with Crippen LogP contribution in [-0.4, -0.2) is 32.4 Å². The highest BCUT2D eigenvalue weighted by Crippen LogP contribution is 2.33. The van der Waals surface area contributed by atoms with E-state index in [1.807, 2.05) is 30.3 Å². The van der Waals surface area contributed by atoms with Crippen molar-refractivity contribution < 1.29 is 8.42 Å². The number of anilines is 1. The van der Waals surface area contributed by atoms with E-state index in [1.165, 1.54) is 11.1 Å². The van der Waals surface area contributed by atoms with Crippen LogP contribution in [0.2, 0.25) is 0 Å². The van der Waals surface area contributed by atoms with Gasteiger partial charge in [0.15, 0.2) is 0 Å². The molecule has 1 aliphatic heterocycles. The predicted octanol–water partition coefficient (Wildman–Crippen LogP) is 6.41. The molecular weight excluding hydrogens is 452 g/mol. The van der Waals surface area contributed by atoms with E-state index in [0.717, 1.165) is 50.1 Å². The van der Waals surface area contributed by atoms with Gasteiger partial charge in [-0.2, -0.15) is 0 Å². The van der Waals surface area contributed by atoms with Crippen molar-refractivity contribution in [3.8, 4) is 0 Å². The number of benzene rings is 3. The smallest absolute Gasteiger partial charge is 0.264 e. The Morgan fingerprint density at radius 3 is 1.97 bits per heavy atom. The van der Waals surface area contributed by atoms with Crippen molar-refractivity contribution in [1.29, 1.82) is 0 Å². The van der Waals surface area contributed by atoms with Crippen LogP contribution in [0.15, 0.2) is 83.8 Å². The number of hydrogen-bond acceptors (Lipinski definition) is 3. The first-order valence-corrected chi connectivity index (χ1v) is 14.1. The van der Waals surface area contributed by atoms with E-state index < -0.39 is 10.0 Å². The zero-order valence-electron chi connectivity index (χ0n) is 21.4. The molecule has 0 aromatic heterocycles. The number of hydrogen-bond donors (Lipinski definition) is 0. The predicted molar refractivity (Wildman–Crippen MR) is 145 cm³/mol. The summed E-state index contributed by atoms with van der Waals surface area (Å²) in [7, 11) is -3.69. The summed E-state index contributed by atoms with van der Waals surface area (Å²) < 4.78 is 29.7. The first-order chi connectivity index (χ1) is 16.7. The third-order valence-corrected chi connectivity index (χ3v) is 8.91. The molecule has 3 aromatic carbocycles.